The predicted molar refractivity (Wildman–Crippen MR) is 115 cm³/mol. The van der Waals surface area contributed by atoms with E-state index in [9.17, 15) is 5.11 Å². The fraction of sp³-hybridized carbons (Fsp3) is 0.273. The molecule has 0 spiro atoms. The fourth-order valence-corrected chi connectivity index (χ4v) is 3.08. The molecule has 0 aliphatic carbocycles. The first-order chi connectivity index (χ1) is 14.2. The molecule has 3 rings (SSSR count). The van der Waals surface area contributed by atoms with E-state index < -0.39 is 6.10 Å². The van der Waals surface area contributed by atoms with Crippen molar-refractivity contribution in [3.63, 3.8) is 0 Å². The summed E-state index contributed by atoms with van der Waals surface area (Å²) < 4.78 is 11.8. The highest BCUT2D eigenvalue weighted by Gasteiger charge is 2.21. The van der Waals surface area contributed by atoms with Gasteiger partial charge in [-0.05, 0) is 36.2 Å². The van der Waals surface area contributed by atoms with Crippen LogP contribution >= 0.6 is 15.9 Å². The quantitative estimate of drug-likeness (QED) is 0.335. The zero-order valence-corrected chi connectivity index (χ0v) is 17.6. The first-order valence-corrected chi connectivity index (χ1v) is 10.2. The number of hydrogen-bond acceptors (Lipinski definition) is 6. The van der Waals surface area contributed by atoms with Crippen LogP contribution in [0.25, 0.3) is 11.4 Å². The second-order valence-electron chi connectivity index (χ2n) is 6.59. The van der Waals surface area contributed by atoms with E-state index in [0.717, 1.165) is 15.6 Å². The second kappa shape index (κ2) is 11.0. The summed E-state index contributed by atoms with van der Waals surface area (Å²) in [6, 6.07) is 17.5. The molecular formula is C22H24BrN3O3. The third kappa shape index (κ3) is 6.61. The number of aromatic nitrogens is 2. The van der Waals surface area contributed by atoms with Gasteiger partial charge in [-0.2, -0.15) is 4.98 Å². The summed E-state index contributed by atoms with van der Waals surface area (Å²) in [4.78, 5) is 4.58. The number of hydrogen-bond donors (Lipinski definition) is 2. The Hall–Kier alpha value is -2.32. The zero-order chi connectivity index (χ0) is 20.5. The number of rotatable bonds is 11. The molecule has 0 aliphatic heterocycles. The number of nitrogens with one attached hydrogen (secondary N) is 1. The van der Waals surface area contributed by atoms with E-state index in [2.05, 4.69) is 38.0 Å². The average Bonchev–Trinajstić information content (AvgIpc) is 3.22. The van der Waals surface area contributed by atoms with Crippen LogP contribution in [0.15, 0.2) is 76.2 Å². The van der Waals surface area contributed by atoms with E-state index in [1.54, 1.807) is 6.08 Å². The Morgan fingerprint density at radius 2 is 1.93 bits per heavy atom. The Morgan fingerprint density at radius 1 is 1.17 bits per heavy atom. The van der Waals surface area contributed by atoms with Gasteiger partial charge >= 0.3 is 0 Å². The van der Waals surface area contributed by atoms with E-state index in [1.165, 1.54) is 0 Å². The topological polar surface area (TPSA) is 80.4 Å². The molecule has 2 unspecified atom stereocenters. The van der Waals surface area contributed by atoms with Crippen molar-refractivity contribution in [1.29, 1.82) is 0 Å². The number of halogens is 1. The third-order valence-electron chi connectivity index (χ3n) is 4.27. The van der Waals surface area contributed by atoms with Crippen LogP contribution in [-0.2, 0) is 11.2 Å². The first kappa shape index (κ1) is 21.4. The van der Waals surface area contributed by atoms with Gasteiger partial charge in [0, 0.05) is 16.6 Å². The molecule has 29 heavy (non-hydrogen) atoms. The summed E-state index contributed by atoms with van der Waals surface area (Å²) in [7, 11) is 0. The number of nitrogens with zero attached hydrogens (tertiary/aromatic N) is 2. The molecule has 0 amide bonds. The van der Waals surface area contributed by atoms with Crippen molar-refractivity contribution in [2.24, 2.45) is 0 Å². The van der Waals surface area contributed by atoms with Crippen LogP contribution < -0.4 is 5.32 Å². The van der Waals surface area contributed by atoms with E-state index in [-0.39, 0.29) is 12.6 Å². The molecule has 7 heteroatoms. The minimum Gasteiger partial charge on any atom is -0.389 e. The van der Waals surface area contributed by atoms with Crippen molar-refractivity contribution >= 4 is 15.9 Å². The van der Waals surface area contributed by atoms with Gasteiger partial charge in [0.15, 0.2) is 0 Å². The van der Waals surface area contributed by atoms with Gasteiger partial charge in [-0.15, -0.1) is 6.58 Å². The van der Waals surface area contributed by atoms with Crippen LogP contribution in [0.2, 0.25) is 0 Å². The molecule has 152 valence electrons. The summed E-state index contributed by atoms with van der Waals surface area (Å²) in [5, 5.41) is 17.6. The number of ether oxygens (including phenoxy) is 1. The molecule has 3 aromatic rings. The van der Waals surface area contributed by atoms with Crippen LogP contribution in [0.1, 0.15) is 17.5 Å². The highest BCUT2D eigenvalue weighted by molar-refractivity contribution is 9.10. The van der Waals surface area contributed by atoms with E-state index >= 15 is 0 Å². The maximum absolute atomic E-state index is 10.2. The number of benzene rings is 2. The van der Waals surface area contributed by atoms with E-state index in [4.69, 9.17) is 9.26 Å². The summed E-state index contributed by atoms with van der Waals surface area (Å²) in [5.74, 6) is 1.01. The molecule has 1 aromatic heterocycles. The van der Waals surface area contributed by atoms with Gasteiger partial charge in [0.1, 0.15) is 0 Å². The predicted octanol–water partition coefficient (Wildman–Crippen LogP) is 3.94. The van der Waals surface area contributed by atoms with Crippen molar-refractivity contribution in [2.45, 2.75) is 18.6 Å². The first-order valence-electron chi connectivity index (χ1n) is 9.39. The molecule has 0 aliphatic rings. The standard InChI is InChI=1S/C22H24BrN3O3/c1-2-12-28-15-19(27)14-24-20(13-16-6-4-3-5-7-16)22-25-21(26-29-22)17-8-10-18(23)11-9-17/h2-11,19-20,24,27H,1,12-15H2. The fourth-order valence-electron chi connectivity index (χ4n) is 2.81. The maximum Gasteiger partial charge on any atom is 0.244 e. The summed E-state index contributed by atoms with van der Waals surface area (Å²) in [6.07, 6.45) is 1.66. The molecule has 1 heterocycles. The Kier molecular flexibility index (Phi) is 8.13. The number of aliphatic hydroxyl groups excluding tert-OH is 1. The van der Waals surface area contributed by atoms with E-state index in [0.29, 0.717) is 31.3 Å². The van der Waals surface area contributed by atoms with Gasteiger partial charge in [-0.1, -0.05) is 57.5 Å². The summed E-state index contributed by atoms with van der Waals surface area (Å²) >= 11 is 3.43. The van der Waals surface area contributed by atoms with Gasteiger partial charge < -0.3 is 19.7 Å². The second-order valence-corrected chi connectivity index (χ2v) is 7.51. The summed E-state index contributed by atoms with van der Waals surface area (Å²) in [5.41, 5.74) is 2.00. The molecule has 0 saturated heterocycles. The van der Waals surface area contributed by atoms with Crippen molar-refractivity contribution in [3.8, 4) is 11.4 Å². The van der Waals surface area contributed by atoms with Gasteiger partial charge in [0.25, 0.3) is 0 Å². The van der Waals surface area contributed by atoms with Crippen LogP contribution in [0, 0.1) is 0 Å². The van der Waals surface area contributed by atoms with Crippen LogP contribution in [-0.4, -0.2) is 41.1 Å². The molecule has 6 nitrogen and oxygen atoms in total. The zero-order valence-electron chi connectivity index (χ0n) is 16.0. The van der Waals surface area contributed by atoms with Gasteiger partial charge in [0.05, 0.1) is 25.4 Å². The van der Waals surface area contributed by atoms with Crippen molar-refractivity contribution in [3.05, 3.63) is 83.2 Å². The van der Waals surface area contributed by atoms with Crippen LogP contribution in [0.4, 0.5) is 0 Å². The number of aliphatic hydroxyl groups is 1. The van der Waals surface area contributed by atoms with Crippen molar-refractivity contribution in [2.75, 3.05) is 19.8 Å². The van der Waals surface area contributed by atoms with Gasteiger partial charge in [0.2, 0.25) is 11.7 Å². The molecule has 2 atom stereocenters. The molecule has 0 saturated carbocycles. The largest absolute Gasteiger partial charge is 0.389 e. The molecule has 2 aromatic carbocycles. The lowest BCUT2D eigenvalue weighted by Crippen LogP contribution is -2.34. The highest BCUT2D eigenvalue weighted by Crippen LogP contribution is 2.23. The molecule has 2 N–H and O–H groups in total. The monoisotopic (exact) mass is 457 g/mol. The lowest BCUT2D eigenvalue weighted by Gasteiger charge is -2.18. The van der Waals surface area contributed by atoms with Crippen LogP contribution in [0.5, 0.6) is 0 Å². The SMILES string of the molecule is C=CCOCC(O)CNC(Cc1ccccc1)c1nc(-c2ccc(Br)cc2)no1. The molecule has 0 radical (unpaired) electrons. The smallest absolute Gasteiger partial charge is 0.244 e. The van der Waals surface area contributed by atoms with Crippen LogP contribution in [0.3, 0.4) is 0 Å². The average molecular weight is 458 g/mol. The minimum absolute atomic E-state index is 0.227. The molecule has 0 bridgehead atoms. The third-order valence-corrected chi connectivity index (χ3v) is 4.80. The van der Waals surface area contributed by atoms with E-state index in [1.807, 2.05) is 54.6 Å². The Labute approximate surface area is 178 Å². The molecular weight excluding hydrogens is 434 g/mol. The molecule has 0 fully saturated rings. The summed E-state index contributed by atoms with van der Waals surface area (Å²) in [6.45, 7) is 4.57. The highest BCUT2D eigenvalue weighted by atomic mass is 79.9. The lowest BCUT2D eigenvalue weighted by atomic mass is 10.1. The Bertz CT molecular complexity index is 884. The van der Waals surface area contributed by atoms with Crippen molar-refractivity contribution in [1.82, 2.24) is 15.5 Å². The normalized spacial score (nSPS) is 13.2. The minimum atomic E-state index is -0.651. The Balaban J connectivity index is 1.72. The van der Waals surface area contributed by atoms with Crippen molar-refractivity contribution < 1.29 is 14.4 Å². The van der Waals surface area contributed by atoms with Gasteiger partial charge in [-0.3, -0.25) is 0 Å². The van der Waals surface area contributed by atoms with Gasteiger partial charge in [-0.25, -0.2) is 0 Å². The maximum atomic E-state index is 10.2. The Morgan fingerprint density at radius 3 is 2.66 bits per heavy atom. The lowest BCUT2D eigenvalue weighted by molar-refractivity contribution is 0.0472.